The number of nitrogens with one attached hydrogen (secondary N) is 2. The second-order valence-corrected chi connectivity index (χ2v) is 11.8. The molecule has 12 heteroatoms. The summed E-state index contributed by atoms with van der Waals surface area (Å²) in [5.74, 6) is -0.759. The van der Waals surface area contributed by atoms with Crippen LogP contribution in [0.1, 0.15) is 30.5 Å². The number of nitrogens with zero attached hydrogens (tertiary/aromatic N) is 1. The van der Waals surface area contributed by atoms with Gasteiger partial charge in [0.25, 0.3) is 5.91 Å². The lowest BCUT2D eigenvalue weighted by Crippen LogP contribution is -2.70. The number of thioether (sulfide) groups is 2. The van der Waals surface area contributed by atoms with Crippen molar-refractivity contribution >= 4 is 58.7 Å². The molecule has 3 N–H and O–H groups in total. The molecule has 0 aliphatic carbocycles. The topological polar surface area (TPSA) is 125 Å². The van der Waals surface area contributed by atoms with Crippen molar-refractivity contribution in [1.82, 2.24) is 15.5 Å². The van der Waals surface area contributed by atoms with Crippen molar-refractivity contribution in [2.24, 2.45) is 0 Å². The minimum absolute atomic E-state index is 0.0454. The van der Waals surface area contributed by atoms with Crippen LogP contribution in [0.2, 0.25) is 0 Å². The number of hydrogen-bond donors (Lipinski definition) is 3. The lowest BCUT2D eigenvalue weighted by molar-refractivity contribution is -0.150. The van der Waals surface area contributed by atoms with E-state index in [1.807, 2.05) is 12.3 Å². The van der Waals surface area contributed by atoms with Gasteiger partial charge in [-0.2, -0.15) is 11.8 Å². The summed E-state index contributed by atoms with van der Waals surface area (Å²) in [6.07, 6.45) is 1.47. The molecular weight excluding hydrogens is 486 g/mol. The van der Waals surface area contributed by atoms with Crippen LogP contribution >= 0.6 is 34.9 Å². The maximum Gasteiger partial charge on any atom is 0.407 e. The van der Waals surface area contributed by atoms with Gasteiger partial charge in [-0.3, -0.25) is 14.5 Å². The number of fused-ring (bicyclic) bond motifs is 1. The molecule has 0 unspecified atom stereocenters. The van der Waals surface area contributed by atoms with Gasteiger partial charge >= 0.3 is 12.1 Å². The summed E-state index contributed by atoms with van der Waals surface area (Å²) in [6.45, 7) is 5.65. The Morgan fingerprint density at radius 1 is 1.27 bits per heavy atom. The van der Waals surface area contributed by atoms with E-state index in [9.17, 15) is 24.3 Å². The molecule has 3 amide bonds. The predicted octanol–water partition coefficient (Wildman–Crippen LogP) is 2.42. The van der Waals surface area contributed by atoms with Crippen LogP contribution in [0.15, 0.2) is 23.4 Å². The predicted molar refractivity (Wildman–Crippen MR) is 129 cm³/mol. The molecule has 2 atom stereocenters. The van der Waals surface area contributed by atoms with Crippen molar-refractivity contribution < 1.29 is 29.0 Å². The maximum atomic E-state index is 12.6. The summed E-state index contributed by atoms with van der Waals surface area (Å²) in [6, 6.07) is 2.90. The van der Waals surface area contributed by atoms with Gasteiger partial charge < -0.3 is 20.5 Å². The molecule has 0 saturated carbocycles. The zero-order valence-electron chi connectivity index (χ0n) is 18.8. The minimum Gasteiger partial charge on any atom is -0.477 e. The number of amides is 3. The lowest BCUT2D eigenvalue weighted by Gasteiger charge is -2.49. The highest BCUT2D eigenvalue weighted by molar-refractivity contribution is 8.00. The standard InChI is InChI=1S/C21H27N3O6S3/c1-21(2,3)30-20(29)22-8-13-6-5-12(33-13)7-14(25)23-15-17(26)24-16(19(27)28)11(9-31-4)10-32-18(15)24/h5-6,15,18H,7-10H2,1-4H3,(H,22,29)(H,23,25)(H,27,28)/t15-,18-/m1/s1. The molecule has 0 spiro atoms. The fraction of sp³-hybridized carbons (Fsp3) is 0.524. The van der Waals surface area contributed by atoms with Gasteiger partial charge in [0.1, 0.15) is 22.7 Å². The van der Waals surface area contributed by atoms with E-state index in [0.717, 1.165) is 15.3 Å². The number of carbonyl (C=O) groups is 4. The second kappa shape index (κ2) is 10.4. The number of alkyl carbamates (subject to hydrolysis) is 1. The SMILES string of the molecule is CSCC1=C(C(=O)O)N2C(=O)[C@@H](NC(=O)Cc3ccc(CNC(=O)OC(C)(C)C)s3)[C@H]2SC1. The average molecular weight is 514 g/mol. The molecule has 33 heavy (non-hydrogen) atoms. The molecule has 3 rings (SSSR count). The molecule has 3 heterocycles. The number of thiophene rings is 1. The van der Waals surface area contributed by atoms with Gasteiger partial charge in [0.05, 0.1) is 13.0 Å². The van der Waals surface area contributed by atoms with Crippen molar-refractivity contribution in [1.29, 1.82) is 0 Å². The van der Waals surface area contributed by atoms with Crippen LogP contribution in [0.4, 0.5) is 4.79 Å². The normalized spacial score (nSPS) is 20.1. The summed E-state index contributed by atoms with van der Waals surface area (Å²) in [5, 5.41) is 14.6. The molecule has 1 aromatic heterocycles. The monoisotopic (exact) mass is 513 g/mol. The maximum absolute atomic E-state index is 12.6. The molecule has 0 radical (unpaired) electrons. The van der Waals surface area contributed by atoms with Gasteiger partial charge in [0.15, 0.2) is 0 Å². The van der Waals surface area contributed by atoms with Crippen molar-refractivity contribution in [2.45, 2.75) is 50.8 Å². The summed E-state index contributed by atoms with van der Waals surface area (Å²) < 4.78 is 5.20. The van der Waals surface area contributed by atoms with E-state index in [0.29, 0.717) is 18.1 Å². The third-order valence-electron chi connectivity index (χ3n) is 4.74. The Morgan fingerprint density at radius 3 is 2.61 bits per heavy atom. The first-order valence-electron chi connectivity index (χ1n) is 10.2. The number of carbonyl (C=O) groups excluding carboxylic acids is 3. The van der Waals surface area contributed by atoms with E-state index < -0.39 is 35.0 Å². The number of ether oxygens (including phenoxy) is 1. The molecule has 1 fully saturated rings. The number of hydrogen-bond acceptors (Lipinski definition) is 8. The number of aliphatic carboxylic acids is 1. The molecule has 0 aromatic carbocycles. The third-order valence-corrected chi connectivity index (χ3v) is 7.80. The second-order valence-electron chi connectivity index (χ2n) is 8.55. The Bertz CT molecular complexity index is 984. The fourth-order valence-electron chi connectivity index (χ4n) is 3.44. The van der Waals surface area contributed by atoms with E-state index >= 15 is 0 Å². The van der Waals surface area contributed by atoms with Crippen LogP contribution in [0, 0.1) is 0 Å². The van der Waals surface area contributed by atoms with Crippen LogP contribution in [0.5, 0.6) is 0 Å². The Labute approximate surface area is 204 Å². The van der Waals surface area contributed by atoms with Crippen molar-refractivity contribution in [3.8, 4) is 0 Å². The van der Waals surface area contributed by atoms with Gasteiger partial charge in [-0.05, 0) is 44.7 Å². The first kappa shape index (κ1) is 25.4. The molecule has 180 valence electrons. The van der Waals surface area contributed by atoms with Gasteiger partial charge in [0, 0.05) is 21.3 Å². The fourth-order valence-corrected chi connectivity index (χ4v) is 6.46. The largest absolute Gasteiger partial charge is 0.477 e. The van der Waals surface area contributed by atoms with E-state index in [4.69, 9.17) is 4.74 Å². The Kier molecular flexibility index (Phi) is 8.01. The summed E-state index contributed by atoms with van der Waals surface area (Å²) in [7, 11) is 0. The van der Waals surface area contributed by atoms with E-state index in [2.05, 4.69) is 10.6 Å². The van der Waals surface area contributed by atoms with Gasteiger partial charge in [-0.1, -0.05) is 0 Å². The van der Waals surface area contributed by atoms with Crippen LogP contribution in [0.25, 0.3) is 0 Å². The molecule has 1 saturated heterocycles. The first-order valence-corrected chi connectivity index (χ1v) is 13.5. The van der Waals surface area contributed by atoms with E-state index in [1.165, 1.54) is 39.8 Å². The Hall–Kier alpha value is -2.18. The molecule has 1 aromatic rings. The molecule has 0 bridgehead atoms. The third kappa shape index (κ3) is 6.24. The zero-order chi connectivity index (χ0) is 24.3. The van der Waals surface area contributed by atoms with Gasteiger partial charge in [0.2, 0.25) is 5.91 Å². The summed E-state index contributed by atoms with van der Waals surface area (Å²) >= 11 is 4.36. The zero-order valence-corrected chi connectivity index (χ0v) is 21.2. The van der Waals surface area contributed by atoms with Crippen LogP contribution in [0.3, 0.4) is 0 Å². The highest BCUT2D eigenvalue weighted by Gasteiger charge is 2.54. The first-order chi connectivity index (χ1) is 15.5. The Balaban J connectivity index is 1.53. The summed E-state index contributed by atoms with van der Waals surface area (Å²) in [4.78, 5) is 51.6. The number of carboxylic acids is 1. The van der Waals surface area contributed by atoms with Gasteiger partial charge in [-0.15, -0.1) is 23.1 Å². The highest BCUT2D eigenvalue weighted by atomic mass is 32.2. The van der Waals surface area contributed by atoms with Crippen molar-refractivity contribution in [2.75, 3.05) is 17.8 Å². The minimum atomic E-state index is -1.12. The van der Waals surface area contributed by atoms with Crippen LogP contribution in [-0.2, 0) is 32.1 Å². The molecular formula is C21H27N3O6S3. The average Bonchev–Trinajstić information content (AvgIpc) is 3.16. The van der Waals surface area contributed by atoms with Crippen LogP contribution < -0.4 is 10.6 Å². The smallest absolute Gasteiger partial charge is 0.407 e. The van der Waals surface area contributed by atoms with Gasteiger partial charge in [-0.25, -0.2) is 9.59 Å². The molecule has 2 aliphatic rings. The molecule has 9 nitrogen and oxygen atoms in total. The highest BCUT2D eigenvalue weighted by Crippen LogP contribution is 2.41. The number of carboxylic acid groups (broad SMARTS) is 1. The lowest BCUT2D eigenvalue weighted by atomic mass is 10.0. The van der Waals surface area contributed by atoms with Crippen molar-refractivity contribution in [3.63, 3.8) is 0 Å². The molecule has 2 aliphatic heterocycles. The van der Waals surface area contributed by atoms with Crippen LogP contribution in [-0.4, -0.2) is 68.7 Å². The number of β-lactam (4-membered cyclic amide) rings is 1. The Morgan fingerprint density at radius 2 is 1.97 bits per heavy atom. The quantitative estimate of drug-likeness (QED) is 0.453. The number of rotatable bonds is 8. The van der Waals surface area contributed by atoms with E-state index in [1.54, 1.807) is 26.8 Å². The van der Waals surface area contributed by atoms with E-state index in [-0.39, 0.29) is 18.0 Å². The van der Waals surface area contributed by atoms with Crippen molar-refractivity contribution in [3.05, 3.63) is 33.2 Å². The summed E-state index contributed by atoms with van der Waals surface area (Å²) in [5.41, 5.74) is 0.190.